The van der Waals surface area contributed by atoms with E-state index < -0.39 is 4.92 Å². The fourth-order valence-corrected chi connectivity index (χ4v) is 3.00. The number of nitro groups is 1. The van der Waals surface area contributed by atoms with E-state index in [4.69, 9.17) is 4.74 Å². The van der Waals surface area contributed by atoms with Crippen molar-refractivity contribution in [3.63, 3.8) is 0 Å². The van der Waals surface area contributed by atoms with Gasteiger partial charge in [0.15, 0.2) is 5.75 Å². The van der Waals surface area contributed by atoms with E-state index in [1.807, 2.05) is 12.3 Å². The zero-order chi connectivity index (χ0) is 15.4. The second kappa shape index (κ2) is 6.62. The summed E-state index contributed by atoms with van der Waals surface area (Å²) < 4.78 is 5.63. The van der Waals surface area contributed by atoms with E-state index in [1.54, 1.807) is 18.2 Å². The van der Waals surface area contributed by atoms with Gasteiger partial charge in [-0.25, -0.2) is 0 Å². The van der Waals surface area contributed by atoms with Crippen LogP contribution < -0.4 is 4.74 Å². The van der Waals surface area contributed by atoms with Crippen LogP contribution in [0.3, 0.4) is 0 Å². The second-order valence-corrected chi connectivity index (χ2v) is 5.39. The highest BCUT2D eigenvalue weighted by molar-refractivity contribution is 5.45. The Morgan fingerprint density at radius 1 is 1.32 bits per heavy atom. The van der Waals surface area contributed by atoms with Gasteiger partial charge in [0.25, 0.3) is 0 Å². The van der Waals surface area contributed by atoms with Gasteiger partial charge < -0.3 is 9.72 Å². The van der Waals surface area contributed by atoms with Crippen LogP contribution in [0, 0.1) is 10.1 Å². The van der Waals surface area contributed by atoms with Gasteiger partial charge in [-0.05, 0) is 37.6 Å². The molecule has 0 aliphatic carbocycles. The van der Waals surface area contributed by atoms with Crippen molar-refractivity contribution in [2.45, 2.75) is 18.9 Å². The van der Waals surface area contributed by atoms with Gasteiger partial charge in [-0.2, -0.15) is 0 Å². The van der Waals surface area contributed by atoms with Crippen LogP contribution >= 0.6 is 0 Å². The molecule has 1 aliphatic rings. The van der Waals surface area contributed by atoms with Crippen molar-refractivity contribution in [2.24, 2.45) is 0 Å². The molecule has 6 heteroatoms. The maximum absolute atomic E-state index is 11.0. The van der Waals surface area contributed by atoms with Gasteiger partial charge in [0.2, 0.25) is 0 Å². The Bertz CT molecular complexity index is 627. The van der Waals surface area contributed by atoms with E-state index in [9.17, 15) is 10.1 Å². The Morgan fingerprint density at radius 3 is 2.95 bits per heavy atom. The fraction of sp³-hybridized carbons (Fsp3) is 0.375. The highest BCUT2D eigenvalue weighted by Gasteiger charge is 2.26. The summed E-state index contributed by atoms with van der Waals surface area (Å²) >= 11 is 0. The molecule has 0 unspecified atom stereocenters. The fourth-order valence-electron chi connectivity index (χ4n) is 3.00. The summed E-state index contributed by atoms with van der Waals surface area (Å²) in [5.74, 6) is 0.336. The largest absolute Gasteiger partial charge is 0.485 e. The molecule has 1 saturated heterocycles. The third-order valence-electron chi connectivity index (χ3n) is 4.04. The average Bonchev–Trinajstić information content (AvgIpc) is 3.18. The van der Waals surface area contributed by atoms with Crippen molar-refractivity contribution in [1.82, 2.24) is 9.88 Å². The number of hydrogen-bond donors (Lipinski definition) is 1. The number of hydrogen-bond acceptors (Lipinski definition) is 4. The molecule has 0 saturated carbocycles. The van der Waals surface area contributed by atoms with Gasteiger partial charge in [0.1, 0.15) is 6.61 Å². The van der Waals surface area contributed by atoms with E-state index in [1.165, 1.54) is 11.8 Å². The van der Waals surface area contributed by atoms with Crippen molar-refractivity contribution in [2.75, 3.05) is 19.7 Å². The Labute approximate surface area is 128 Å². The van der Waals surface area contributed by atoms with E-state index >= 15 is 0 Å². The minimum Gasteiger partial charge on any atom is -0.485 e. The first-order chi connectivity index (χ1) is 10.8. The second-order valence-electron chi connectivity index (χ2n) is 5.39. The summed E-state index contributed by atoms with van der Waals surface area (Å²) in [6, 6.07) is 11.0. The lowest BCUT2D eigenvalue weighted by atomic mass is 10.1. The topological polar surface area (TPSA) is 71.4 Å². The Kier molecular flexibility index (Phi) is 4.39. The van der Waals surface area contributed by atoms with Crippen LogP contribution in [0.1, 0.15) is 24.6 Å². The number of rotatable bonds is 6. The highest BCUT2D eigenvalue weighted by Crippen LogP contribution is 2.31. The van der Waals surface area contributed by atoms with Crippen LogP contribution in [0.5, 0.6) is 5.75 Å². The predicted molar refractivity (Wildman–Crippen MR) is 82.9 cm³/mol. The van der Waals surface area contributed by atoms with Gasteiger partial charge in [-0.15, -0.1) is 0 Å². The zero-order valence-electron chi connectivity index (χ0n) is 12.3. The molecule has 1 aliphatic heterocycles. The molecular formula is C16H19N3O3. The van der Waals surface area contributed by atoms with E-state index in [2.05, 4.69) is 16.0 Å². The van der Waals surface area contributed by atoms with Crippen molar-refractivity contribution in [3.05, 3.63) is 58.4 Å². The molecule has 2 aromatic rings. The summed E-state index contributed by atoms with van der Waals surface area (Å²) in [7, 11) is 0. The van der Waals surface area contributed by atoms with Gasteiger partial charge in [0.05, 0.1) is 4.92 Å². The molecule has 0 amide bonds. The Balaban J connectivity index is 1.58. The number of aromatic nitrogens is 1. The van der Waals surface area contributed by atoms with Gasteiger partial charge in [0, 0.05) is 30.5 Å². The standard InChI is InChI=1S/C16H19N3O3/c20-19(21)15-6-1-2-8-16(15)22-12-11-18-10-4-7-14(18)13-5-3-9-17-13/h1-3,5-6,8-9,14,17H,4,7,10-12H2/t14-/m0/s1. The first kappa shape index (κ1) is 14.6. The number of nitrogens with zero attached hydrogens (tertiary/aromatic N) is 2. The number of H-pyrrole nitrogens is 1. The maximum Gasteiger partial charge on any atom is 0.310 e. The molecule has 3 rings (SSSR count). The van der Waals surface area contributed by atoms with Crippen molar-refractivity contribution in [1.29, 1.82) is 0 Å². The van der Waals surface area contributed by atoms with Crippen LogP contribution in [0.25, 0.3) is 0 Å². The maximum atomic E-state index is 11.0. The molecule has 0 spiro atoms. The summed E-state index contributed by atoms with van der Waals surface area (Å²) in [6.07, 6.45) is 4.23. The average molecular weight is 301 g/mol. The lowest BCUT2D eigenvalue weighted by Gasteiger charge is -2.23. The molecule has 1 atom stereocenters. The minimum atomic E-state index is -0.410. The van der Waals surface area contributed by atoms with Gasteiger partial charge in [-0.3, -0.25) is 15.0 Å². The number of ether oxygens (including phenoxy) is 1. The summed E-state index contributed by atoms with van der Waals surface area (Å²) in [6.45, 7) is 2.24. The summed E-state index contributed by atoms with van der Waals surface area (Å²) in [5, 5.41) is 11.0. The van der Waals surface area contributed by atoms with Gasteiger partial charge >= 0.3 is 5.69 Å². The smallest absolute Gasteiger partial charge is 0.310 e. The monoisotopic (exact) mass is 301 g/mol. The third kappa shape index (κ3) is 3.12. The molecule has 0 bridgehead atoms. The molecule has 1 aromatic carbocycles. The number of aromatic amines is 1. The normalized spacial score (nSPS) is 18.5. The molecule has 1 aromatic heterocycles. The SMILES string of the molecule is O=[N+]([O-])c1ccccc1OCCN1CCC[C@H]1c1ccc[nH]1. The number of para-hydroxylation sites is 2. The van der Waals surface area contributed by atoms with Crippen LogP contribution in [0.2, 0.25) is 0 Å². The molecular weight excluding hydrogens is 282 g/mol. The number of nitro benzene ring substituents is 1. The molecule has 2 heterocycles. The van der Waals surface area contributed by atoms with Crippen LogP contribution in [0.4, 0.5) is 5.69 Å². The third-order valence-corrected chi connectivity index (χ3v) is 4.04. The lowest BCUT2D eigenvalue weighted by molar-refractivity contribution is -0.385. The highest BCUT2D eigenvalue weighted by atomic mass is 16.6. The summed E-state index contributed by atoms with van der Waals surface area (Å²) in [5.41, 5.74) is 1.24. The molecule has 22 heavy (non-hydrogen) atoms. The van der Waals surface area contributed by atoms with E-state index in [0.717, 1.165) is 25.9 Å². The quantitative estimate of drug-likeness (QED) is 0.657. The van der Waals surface area contributed by atoms with E-state index in [0.29, 0.717) is 18.4 Å². The number of benzene rings is 1. The lowest BCUT2D eigenvalue weighted by Crippen LogP contribution is -2.28. The Hall–Kier alpha value is -2.34. The molecule has 1 N–H and O–H groups in total. The molecule has 0 radical (unpaired) electrons. The van der Waals surface area contributed by atoms with Crippen molar-refractivity contribution >= 4 is 5.69 Å². The van der Waals surface area contributed by atoms with Crippen LogP contribution in [-0.4, -0.2) is 34.5 Å². The predicted octanol–water partition coefficient (Wildman–Crippen LogP) is 3.14. The van der Waals surface area contributed by atoms with Crippen LogP contribution in [0.15, 0.2) is 42.6 Å². The first-order valence-corrected chi connectivity index (χ1v) is 7.49. The zero-order valence-corrected chi connectivity index (χ0v) is 12.3. The Morgan fingerprint density at radius 2 is 2.18 bits per heavy atom. The number of nitrogens with one attached hydrogen (secondary N) is 1. The van der Waals surface area contributed by atoms with Crippen molar-refractivity contribution in [3.8, 4) is 5.75 Å². The molecule has 1 fully saturated rings. The number of likely N-dealkylation sites (tertiary alicyclic amines) is 1. The van der Waals surface area contributed by atoms with E-state index in [-0.39, 0.29) is 5.69 Å². The first-order valence-electron chi connectivity index (χ1n) is 7.49. The van der Waals surface area contributed by atoms with Crippen molar-refractivity contribution < 1.29 is 9.66 Å². The summed E-state index contributed by atoms with van der Waals surface area (Å²) in [4.78, 5) is 16.2. The molecule has 116 valence electrons. The van der Waals surface area contributed by atoms with Crippen LogP contribution in [-0.2, 0) is 0 Å². The molecule has 6 nitrogen and oxygen atoms in total. The van der Waals surface area contributed by atoms with Gasteiger partial charge in [-0.1, -0.05) is 12.1 Å². The minimum absolute atomic E-state index is 0.0184.